The molecule has 8 heteroatoms. The fourth-order valence-electron chi connectivity index (χ4n) is 2.72. The van der Waals surface area contributed by atoms with Gasteiger partial charge in [0, 0.05) is 12.0 Å². The Hall–Kier alpha value is -3.16. The van der Waals surface area contributed by atoms with Gasteiger partial charge in [0.1, 0.15) is 6.61 Å². The molecule has 8 nitrogen and oxygen atoms in total. The number of ketones is 1. The average molecular weight is 388 g/mol. The molecule has 1 aliphatic rings. The first kappa shape index (κ1) is 21.1. The van der Waals surface area contributed by atoms with Crippen LogP contribution in [-0.4, -0.2) is 43.0 Å². The molecule has 0 aliphatic carbocycles. The number of carbonyl (C=O) groups excluding carboxylic acids is 4. The second-order valence-corrected chi connectivity index (χ2v) is 6.38. The third kappa shape index (κ3) is 5.67. The molecular weight excluding hydrogens is 364 g/mol. The molecule has 28 heavy (non-hydrogen) atoms. The van der Waals surface area contributed by atoms with Gasteiger partial charge in [-0.25, -0.2) is 9.59 Å². The van der Waals surface area contributed by atoms with Crippen LogP contribution in [0.3, 0.4) is 0 Å². The van der Waals surface area contributed by atoms with Crippen molar-refractivity contribution in [1.29, 1.82) is 0 Å². The van der Waals surface area contributed by atoms with Gasteiger partial charge in [-0.15, -0.1) is 0 Å². The van der Waals surface area contributed by atoms with E-state index in [1.54, 1.807) is 26.0 Å². The average Bonchev–Trinajstić information content (AvgIpc) is 2.64. The normalized spacial score (nSPS) is 16.1. The van der Waals surface area contributed by atoms with Crippen LogP contribution in [0.2, 0.25) is 0 Å². The van der Waals surface area contributed by atoms with E-state index in [4.69, 9.17) is 9.47 Å². The number of nitrogens with one attached hydrogen (secondary N) is 2. The highest BCUT2D eigenvalue weighted by molar-refractivity contribution is 5.97. The van der Waals surface area contributed by atoms with Crippen molar-refractivity contribution in [1.82, 2.24) is 10.6 Å². The first-order valence-corrected chi connectivity index (χ1v) is 9.05. The SMILES string of the molecule is CCOC(=O)C1=C(COC(=O)CCC(=O)c2ccc(C)cc2)NC(=O)N[C@H]1C. The first-order valence-electron chi connectivity index (χ1n) is 9.05. The number of amides is 2. The van der Waals surface area contributed by atoms with Gasteiger partial charge in [0.25, 0.3) is 0 Å². The second kappa shape index (κ2) is 9.68. The van der Waals surface area contributed by atoms with Crippen molar-refractivity contribution >= 4 is 23.8 Å². The lowest BCUT2D eigenvalue weighted by Crippen LogP contribution is -2.50. The van der Waals surface area contributed by atoms with E-state index in [0.717, 1.165) is 5.56 Å². The monoisotopic (exact) mass is 388 g/mol. The fraction of sp³-hybridized carbons (Fsp3) is 0.400. The molecule has 0 fully saturated rings. The minimum Gasteiger partial charge on any atom is -0.463 e. The fourth-order valence-corrected chi connectivity index (χ4v) is 2.72. The molecule has 0 bridgehead atoms. The molecule has 1 heterocycles. The molecule has 0 spiro atoms. The van der Waals surface area contributed by atoms with Crippen LogP contribution in [0.1, 0.15) is 42.6 Å². The van der Waals surface area contributed by atoms with Crippen LogP contribution < -0.4 is 10.6 Å². The maximum absolute atomic E-state index is 12.1. The highest BCUT2D eigenvalue weighted by Crippen LogP contribution is 2.15. The Labute approximate surface area is 163 Å². The number of urea groups is 1. The second-order valence-electron chi connectivity index (χ2n) is 6.38. The summed E-state index contributed by atoms with van der Waals surface area (Å²) in [7, 11) is 0. The predicted molar refractivity (Wildman–Crippen MR) is 100 cm³/mol. The summed E-state index contributed by atoms with van der Waals surface area (Å²) >= 11 is 0. The first-order chi connectivity index (χ1) is 13.3. The molecular formula is C20H24N2O6. The van der Waals surface area contributed by atoms with E-state index < -0.39 is 24.0 Å². The summed E-state index contributed by atoms with van der Waals surface area (Å²) in [6, 6.07) is 6.01. The predicted octanol–water partition coefficient (Wildman–Crippen LogP) is 2.02. The molecule has 0 saturated heterocycles. The van der Waals surface area contributed by atoms with Gasteiger partial charge in [0.2, 0.25) is 0 Å². The van der Waals surface area contributed by atoms with E-state index in [2.05, 4.69) is 10.6 Å². The number of carbonyl (C=O) groups is 4. The van der Waals surface area contributed by atoms with Crippen LogP contribution in [0.15, 0.2) is 35.5 Å². The van der Waals surface area contributed by atoms with Gasteiger partial charge in [-0.2, -0.15) is 0 Å². The Morgan fingerprint density at radius 3 is 2.39 bits per heavy atom. The highest BCUT2D eigenvalue weighted by Gasteiger charge is 2.30. The van der Waals surface area contributed by atoms with Crippen LogP contribution >= 0.6 is 0 Å². The van der Waals surface area contributed by atoms with E-state index in [-0.39, 0.29) is 43.1 Å². The Bertz CT molecular complexity index is 797. The summed E-state index contributed by atoms with van der Waals surface area (Å²) in [5, 5.41) is 5.03. The maximum Gasteiger partial charge on any atom is 0.338 e. The molecule has 0 unspecified atom stereocenters. The molecule has 150 valence electrons. The Balaban J connectivity index is 1.94. The van der Waals surface area contributed by atoms with E-state index in [1.165, 1.54) is 0 Å². The third-order valence-electron chi connectivity index (χ3n) is 4.17. The van der Waals surface area contributed by atoms with Crippen molar-refractivity contribution in [3.8, 4) is 0 Å². The molecule has 0 radical (unpaired) electrons. The lowest BCUT2D eigenvalue weighted by molar-refractivity contribution is -0.143. The minimum absolute atomic E-state index is 0.00991. The van der Waals surface area contributed by atoms with E-state index in [9.17, 15) is 19.2 Å². The maximum atomic E-state index is 12.1. The molecule has 1 aliphatic heterocycles. The number of esters is 2. The van der Waals surface area contributed by atoms with Crippen molar-refractivity contribution in [3.63, 3.8) is 0 Å². The van der Waals surface area contributed by atoms with Crippen LogP contribution in [0.25, 0.3) is 0 Å². The molecule has 2 N–H and O–H groups in total. The molecule has 0 aromatic heterocycles. The van der Waals surface area contributed by atoms with Gasteiger partial charge in [0.15, 0.2) is 5.78 Å². The van der Waals surface area contributed by atoms with Crippen molar-refractivity contribution in [2.24, 2.45) is 0 Å². The summed E-state index contributed by atoms with van der Waals surface area (Å²) in [6.07, 6.45) is -0.0908. The molecule has 1 aromatic rings. The number of aryl methyl sites for hydroxylation is 1. The number of rotatable bonds is 8. The zero-order chi connectivity index (χ0) is 20.7. The largest absolute Gasteiger partial charge is 0.463 e. The number of ether oxygens (including phenoxy) is 2. The lowest BCUT2D eigenvalue weighted by atomic mass is 10.0. The van der Waals surface area contributed by atoms with Gasteiger partial charge in [-0.1, -0.05) is 29.8 Å². The van der Waals surface area contributed by atoms with Gasteiger partial charge < -0.3 is 20.1 Å². The Morgan fingerprint density at radius 2 is 1.75 bits per heavy atom. The summed E-state index contributed by atoms with van der Waals surface area (Å²) in [6.45, 7) is 5.11. The summed E-state index contributed by atoms with van der Waals surface area (Å²) in [4.78, 5) is 47.9. The number of benzene rings is 1. The van der Waals surface area contributed by atoms with E-state index in [1.807, 2.05) is 19.1 Å². The third-order valence-corrected chi connectivity index (χ3v) is 4.17. The standard InChI is InChI=1S/C20H24N2O6/c1-4-27-19(25)18-13(3)21-20(26)22-15(18)11-28-17(24)10-9-16(23)14-7-5-12(2)6-8-14/h5-8,13H,4,9-11H2,1-3H3,(H2,21,22,26)/t13-/m0/s1. The van der Waals surface area contributed by atoms with Gasteiger partial charge in [0.05, 0.1) is 30.3 Å². The van der Waals surface area contributed by atoms with E-state index in [0.29, 0.717) is 5.56 Å². The number of Topliss-reactive ketones (excluding diaryl/α,β-unsaturated/α-hetero) is 1. The van der Waals surface area contributed by atoms with Crippen molar-refractivity contribution in [3.05, 3.63) is 46.7 Å². The van der Waals surface area contributed by atoms with Crippen LogP contribution in [0.4, 0.5) is 4.79 Å². The summed E-state index contributed by atoms with van der Waals surface area (Å²) < 4.78 is 10.1. The number of hydrogen-bond donors (Lipinski definition) is 2. The lowest BCUT2D eigenvalue weighted by Gasteiger charge is -2.26. The molecule has 2 amide bonds. The van der Waals surface area contributed by atoms with Crippen molar-refractivity contribution in [2.75, 3.05) is 13.2 Å². The Morgan fingerprint density at radius 1 is 1.07 bits per heavy atom. The van der Waals surface area contributed by atoms with E-state index >= 15 is 0 Å². The van der Waals surface area contributed by atoms with Gasteiger partial charge in [-0.05, 0) is 20.8 Å². The van der Waals surface area contributed by atoms with Gasteiger partial charge >= 0.3 is 18.0 Å². The summed E-state index contributed by atoms with van der Waals surface area (Å²) in [5.74, 6) is -1.35. The van der Waals surface area contributed by atoms with Crippen LogP contribution in [-0.2, 0) is 19.1 Å². The molecule has 0 saturated carbocycles. The smallest absolute Gasteiger partial charge is 0.338 e. The van der Waals surface area contributed by atoms with Crippen LogP contribution in [0, 0.1) is 6.92 Å². The zero-order valence-electron chi connectivity index (χ0n) is 16.2. The zero-order valence-corrected chi connectivity index (χ0v) is 16.2. The quantitative estimate of drug-likeness (QED) is 0.521. The number of hydrogen-bond acceptors (Lipinski definition) is 6. The van der Waals surface area contributed by atoms with Crippen molar-refractivity contribution in [2.45, 2.75) is 39.7 Å². The topological polar surface area (TPSA) is 111 Å². The summed E-state index contributed by atoms with van der Waals surface area (Å²) in [5.41, 5.74) is 1.95. The molecule has 2 rings (SSSR count). The minimum atomic E-state index is -0.600. The Kier molecular flexibility index (Phi) is 7.31. The molecule has 1 atom stereocenters. The van der Waals surface area contributed by atoms with Gasteiger partial charge in [-0.3, -0.25) is 9.59 Å². The van der Waals surface area contributed by atoms with Crippen molar-refractivity contribution < 1.29 is 28.7 Å². The molecule has 1 aromatic carbocycles. The highest BCUT2D eigenvalue weighted by atomic mass is 16.5. The van der Waals surface area contributed by atoms with Crippen LogP contribution in [0.5, 0.6) is 0 Å².